The second kappa shape index (κ2) is 9.23. The molecule has 0 saturated carbocycles. The largest absolute Gasteiger partial charge is 0.490 e. The van der Waals surface area contributed by atoms with Crippen LogP contribution in [0.5, 0.6) is 11.5 Å². The summed E-state index contributed by atoms with van der Waals surface area (Å²) in [4.78, 5) is 24.2. The summed E-state index contributed by atoms with van der Waals surface area (Å²) in [6.45, 7) is 3.61. The molecule has 0 aliphatic rings. The van der Waals surface area contributed by atoms with Crippen molar-refractivity contribution in [2.45, 2.75) is 18.7 Å². The van der Waals surface area contributed by atoms with E-state index in [1.807, 2.05) is 6.92 Å². The average Bonchev–Trinajstić information content (AvgIpc) is 2.65. The molecule has 0 heterocycles. The number of rotatable bonds is 7. The Morgan fingerprint density at radius 3 is 2.25 bits per heavy atom. The molecule has 0 aromatic heterocycles. The molecule has 150 valence electrons. The molecular formula is C19H22N2O6S. The van der Waals surface area contributed by atoms with E-state index in [2.05, 4.69) is 10.9 Å². The maximum absolute atomic E-state index is 12.3. The van der Waals surface area contributed by atoms with E-state index in [4.69, 9.17) is 9.47 Å². The van der Waals surface area contributed by atoms with E-state index in [1.165, 1.54) is 18.2 Å². The van der Waals surface area contributed by atoms with Crippen molar-refractivity contribution in [2.75, 3.05) is 19.5 Å². The second-order valence-corrected chi connectivity index (χ2v) is 7.94. The van der Waals surface area contributed by atoms with Crippen molar-refractivity contribution in [3.63, 3.8) is 0 Å². The highest BCUT2D eigenvalue weighted by Gasteiger charge is 2.15. The van der Waals surface area contributed by atoms with Crippen LogP contribution < -0.4 is 20.3 Å². The van der Waals surface area contributed by atoms with E-state index < -0.39 is 21.7 Å². The van der Waals surface area contributed by atoms with Crippen LogP contribution in [0.1, 0.15) is 22.8 Å². The highest BCUT2D eigenvalue weighted by molar-refractivity contribution is 7.90. The molecule has 0 unspecified atom stereocenters. The predicted octanol–water partition coefficient (Wildman–Crippen LogP) is 1.64. The monoisotopic (exact) mass is 406 g/mol. The van der Waals surface area contributed by atoms with Gasteiger partial charge in [-0.05, 0) is 43.7 Å². The highest BCUT2D eigenvalue weighted by atomic mass is 32.2. The third-order valence-electron chi connectivity index (χ3n) is 3.71. The van der Waals surface area contributed by atoms with Crippen molar-refractivity contribution < 1.29 is 27.5 Å². The minimum Gasteiger partial charge on any atom is -0.490 e. The number of benzene rings is 2. The summed E-state index contributed by atoms with van der Waals surface area (Å²) in [7, 11) is -3.45. The number of carbonyl (C=O) groups excluding carboxylic acids is 2. The quantitative estimate of drug-likeness (QED) is 0.677. The van der Waals surface area contributed by atoms with Crippen LogP contribution >= 0.6 is 0 Å². The van der Waals surface area contributed by atoms with Crippen LogP contribution in [0.3, 0.4) is 0 Å². The number of hydrazine groups is 1. The molecule has 0 radical (unpaired) electrons. The summed E-state index contributed by atoms with van der Waals surface area (Å²) < 4.78 is 34.1. The fourth-order valence-electron chi connectivity index (χ4n) is 2.29. The summed E-state index contributed by atoms with van der Waals surface area (Å²) in [5.41, 5.74) is 5.20. The van der Waals surface area contributed by atoms with E-state index in [9.17, 15) is 18.0 Å². The molecule has 0 aliphatic carbocycles. The molecule has 0 bridgehead atoms. The summed E-state index contributed by atoms with van der Waals surface area (Å²) in [6, 6.07) is 11.1. The van der Waals surface area contributed by atoms with Crippen LogP contribution in [0.2, 0.25) is 0 Å². The molecule has 0 saturated heterocycles. The fraction of sp³-hybridized carbons (Fsp3) is 0.263. The van der Waals surface area contributed by atoms with Gasteiger partial charge in [0.05, 0.1) is 11.5 Å². The van der Waals surface area contributed by atoms with Crippen LogP contribution in [0.4, 0.5) is 0 Å². The number of sulfone groups is 1. The lowest BCUT2D eigenvalue weighted by molar-refractivity contribution is -0.123. The number of nitrogens with one attached hydrogen (secondary N) is 2. The Hall–Kier alpha value is -3.07. The molecule has 2 N–H and O–H groups in total. The molecule has 0 aliphatic heterocycles. The van der Waals surface area contributed by atoms with Crippen molar-refractivity contribution >= 4 is 21.7 Å². The smallest absolute Gasteiger partial charge is 0.276 e. The van der Waals surface area contributed by atoms with Gasteiger partial charge in [-0.3, -0.25) is 20.4 Å². The number of amides is 2. The maximum atomic E-state index is 12.3. The maximum Gasteiger partial charge on any atom is 0.276 e. The lowest BCUT2D eigenvalue weighted by Gasteiger charge is -2.13. The molecule has 8 nitrogen and oxygen atoms in total. The Morgan fingerprint density at radius 1 is 1.00 bits per heavy atom. The van der Waals surface area contributed by atoms with Crippen LogP contribution in [0.25, 0.3) is 0 Å². The molecular weight excluding hydrogens is 384 g/mol. The van der Waals surface area contributed by atoms with Gasteiger partial charge in [-0.1, -0.05) is 18.2 Å². The first-order valence-corrected chi connectivity index (χ1v) is 10.4. The molecule has 9 heteroatoms. The number of carbonyl (C=O) groups is 2. The van der Waals surface area contributed by atoms with Crippen LogP contribution in [0.15, 0.2) is 47.4 Å². The lowest BCUT2D eigenvalue weighted by atomic mass is 10.1. The average molecular weight is 406 g/mol. The molecule has 2 aromatic carbocycles. The zero-order valence-electron chi connectivity index (χ0n) is 15.8. The molecule has 0 fully saturated rings. The van der Waals surface area contributed by atoms with Crippen LogP contribution in [-0.4, -0.2) is 39.7 Å². The lowest BCUT2D eigenvalue weighted by Crippen LogP contribution is -2.44. The van der Waals surface area contributed by atoms with Gasteiger partial charge in [0.2, 0.25) is 0 Å². The first-order valence-electron chi connectivity index (χ1n) is 8.47. The van der Waals surface area contributed by atoms with Gasteiger partial charge < -0.3 is 9.47 Å². The zero-order valence-corrected chi connectivity index (χ0v) is 16.6. The van der Waals surface area contributed by atoms with Crippen LogP contribution in [-0.2, 0) is 14.6 Å². The van der Waals surface area contributed by atoms with Crippen LogP contribution in [0, 0.1) is 6.92 Å². The van der Waals surface area contributed by atoms with Gasteiger partial charge in [0, 0.05) is 11.8 Å². The Morgan fingerprint density at radius 2 is 1.64 bits per heavy atom. The summed E-state index contributed by atoms with van der Waals surface area (Å²) in [6.07, 6.45) is 1.05. The van der Waals surface area contributed by atoms with Gasteiger partial charge in [0.15, 0.2) is 27.9 Å². The van der Waals surface area contributed by atoms with Crippen molar-refractivity contribution in [3.8, 4) is 11.5 Å². The molecule has 0 atom stereocenters. The SMILES string of the molecule is CCOc1ccccc1OCC(=O)NNC(=O)c1cc(S(C)(=O)=O)ccc1C. The zero-order chi connectivity index (χ0) is 20.7. The minimum atomic E-state index is -3.45. The van der Waals surface area contributed by atoms with Crippen molar-refractivity contribution in [1.29, 1.82) is 0 Å². The van der Waals surface area contributed by atoms with Crippen molar-refractivity contribution in [1.82, 2.24) is 10.9 Å². The number of hydrogen-bond acceptors (Lipinski definition) is 6. The molecule has 28 heavy (non-hydrogen) atoms. The summed E-state index contributed by atoms with van der Waals surface area (Å²) in [5, 5.41) is 0. The van der Waals surface area contributed by atoms with Gasteiger partial charge in [-0.2, -0.15) is 0 Å². The van der Waals surface area contributed by atoms with Crippen molar-refractivity contribution in [2.24, 2.45) is 0 Å². The number of hydrogen-bond donors (Lipinski definition) is 2. The van der Waals surface area contributed by atoms with Crippen molar-refractivity contribution in [3.05, 3.63) is 53.6 Å². The van der Waals surface area contributed by atoms with E-state index in [1.54, 1.807) is 31.2 Å². The number of aryl methyl sites for hydroxylation is 1. The third-order valence-corrected chi connectivity index (χ3v) is 4.82. The summed E-state index contributed by atoms with van der Waals surface area (Å²) in [5.74, 6) is -0.305. The normalized spacial score (nSPS) is 10.8. The topological polar surface area (TPSA) is 111 Å². The Labute approximate surface area is 163 Å². The first-order chi connectivity index (χ1) is 13.2. The standard InChI is InChI=1S/C19H22N2O6S/c1-4-26-16-7-5-6-8-17(16)27-12-18(22)20-21-19(23)15-11-14(28(3,24)25)10-9-13(15)2/h5-11H,4,12H2,1-3H3,(H,20,22)(H,21,23). The Balaban J connectivity index is 1.95. The van der Waals surface area contributed by atoms with Gasteiger partial charge >= 0.3 is 0 Å². The minimum absolute atomic E-state index is 0.0189. The molecule has 2 rings (SSSR count). The van der Waals surface area contributed by atoms with E-state index >= 15 is 0 Å². The van der Waals surface area contributed by atoms with Gasteiger partial charge in [-0.25, -0.2) is 8.42 Å². The summed E-state index contributed by atoms with van der Waals surface area (Å²) >= 11 is 0. The number of para-hydroxylation sites is 2. The second-order valence-electron chi connectivity index (χ2n) is 5.92. The fourth-order valence-corrected chi connectivity index (χ4v) is 2.94. The van der Waals surface area contributed by atoms with Gasteiger partial charge in [-0.15, -0.1) is 0 Å². The molecule has 2 aromatic rings. The highest BCUT2D eigenvalue weighted by Crippen LogP contribution is 2.26. The predicted molar refractivity (Wildman–Crippen MR) is 103 cm³/mol. The Kier molecular flexibility index (Phi) is 7.00. The molecule has 2 amide bonds. The van der Waals surface area contributed by atoms with Gasteiger partial charge in [0.1, 0.15) is 0 Å². The van der Waals surface area contributed by atoms with E-state index in [0.717, 1.165) is 6.26 Å². The van der Waals surface area contributed by atoms with E-state index in [0.29, 0.717) is 23.7 Å². The third kappa shape index (κ3) is 5.71. The van der Waals surface area contributed by atoms with Gasteiger partial charge in [0.25, 0.3) is 11.8 Å². The van der Waals surface area contributed by atoms with E-state index in [-0.39, 0.29) is 17.1 Å². The Bertz CT molecular complexity index is 972. The molecule has 0 spiro atoms. The first kappa shape index (κ1) is 21.2. The number of ether oxygens (including phenoxy) is 2.